The Morgan fingerprint density at radius 1 is 1.28 bits per heavy atom. The third kappa shape index (κ3) is 3.41. The fraction of sp³-hybridized carbons (Fsp3) is 0.765. The molecular formula is C17H24F3N4O4P. The Morgan fingerprint density at radius 3 is 2.34 bits per heavy atom. The molecule has 1 saturated carbocycles. The van der Waals surface area contributed by atoms with Crippen molar-refractivity contribution >= 4 is 19.6 Å². The second-order valence-electron chi connectivity index (χ2n) is 8.77. The Morgan fingerprint density at radius 2 is 1.90 bits per heavy atom. The normalized spacial score (nSPS) is 34.2. The van der Waals surface area contributed by atoms with Crippen molar-refractivity contribution in [3.8, 4) is 0 Å². The van der Waals surface area contributed by atoms with E-state index in [1.165, 1.54) is 0 Å². The summed E-state index contributed by atoms with van der Waals surface area (Å²) in [5.74, 6) is 0.231. The van der Waals surface area contributed by atoms with E-state index in [0.717, 1.165) is 12.5 Å². The highest BCUT2D eigenvalue weighted by atomic mass is 31.2. The summed E-state index contributed by atoms with van der Waals surface area (Å²) >= 11 is 0. The van der Waals surface area contributed by atoms with Crippen LogP contribution in [0.5, 0.6) is 0 Å². The summed E-state index contributed by atoms with van der Waals surface area (Å²) in [5, 5.41) is 0. The first kappa shape index (κ1) is 20.8. The van der Waals surface area contributed by atoms with E-state index in [2.05, 4.69) is 14.5 Å². The van der Waals surface area contributed by atoms with Gasteiger partial charge in [-0.05, 0) is 30.1 Å². The molecule has 2 N–H and O–H groups in total. The molecule has 3 atom stereocenters. The minimum absolute atomic E-state index is 0.0841. The summed E-state index contributed by atoms with van der Waals surface area (Å²) in [6, 6.07) is 1.08. The van der Waals surface area contributed by atoms with Gasteiger partial charge in [-0.1, -0.05) is 13.8 Å². The summed E-state index contributed by atoms with van der Waals surface area (Å²) in [6.07, 6.45) is -3.69. The lowest BCUT2D eigenvalue weighted by atomic mass is 10.0. The highest BCUT2D eigenvalue weighted by Gasteiger charge is 2.75. The van der Waals surface area contributed by atoms with E-state index in [1.807, 2.05) is 20.8 Å². The van der Waals surface area contributed by atoms with E-state index in [0.29, 0.717) is 19.6 Å². The van der Waals surface area contributed by atoms with Crippen LogP contribution in [0.25, 0.3) is 0 Å². The summed E-state index contributed by atoms with van der Waals surface area (Å²) in [7, 11) is -4.56. The smallest absolute Gasteiger partial charge is 0.355 e. The predicted molar refractivity (Wildman–Crippen MR) is 98.4 cm³/mol. The molecule has 1 aliphatic carbocycles. The molecule has 0 radical (unpaired) electrons. The number of alkyl halides is 3. The quantitative estimate of drug-likeness (QED) is 0.680. The molecule has 0 amide bonds. The molecule has 1 aromatic heterocycles. The number of aromatic nitrogens is 2. The molecule has 4 rings (SSSR count). The van der Waals surface area contributed by atoms with Gasteiger partial charge in [-0.2, -0.15) is 18.2 Å². The molecule has 3 fully saturated rings. The van der Waals surface area contributed by atoms with Crippen molar-refractivity contribution in [3.63, 3.8) is 0 Å². The Balaban J connectivity index is 1.57. The topological polar surface area (TPSA) is 99.0 Å². The van der Waals surface area contributed by atoms with Gasteiger partial charge in [-0.25, -0.2) is 9.55 Å². The van der Waals surface area contributed by atoms with E-state index < -0.39 is 19.7 Å². The summed E-state index contributed by atoms with van der Waals surface area (Å²) < 4.78 is 55.9. The van der Waals surface area contributed by atoms with E-state index in [9.17, 15) is 17.7 Å². The van der Waals surface area contributed by atoms with Crippen molar-refractivity contribution in [2.75, 3.05) is 36.0 Å². The first-order valence-electron chi connectivity index (χ1n) is 9.42. The van der Waals surface area contributed by atoms with Crippen LogP contribution in [0.1, 0.15) is 32.9 Å². The molecule has 3 heterocycles. The molecule has 0 spiro atoms. The number of rotatable bonds is 5. The monoisotopic (exact) mass is 436 g/mol. The number of nitrogens with zero attached hydrogens (tertiary/aromatic N) is 4. The Hall–Kier alpha value is -1.42. The van der Waals surface area contributed by atoms with Crippen LogP contribution >= 0.6 is 7.82 Å². The average Bonchev–Trinajstić information content (AvgIpc) is 2.86. The SMILES string of the molecule is C[C@H]1CCN1c1nc(N2CC3(C)C(COP(=O)(O)O)C3(C)C2)cc(C(F)(F)F)n1. The van der Waals surface area contributed by atoms with Crippen molar-refractivity contribution in [2.24, 2.45) is 16.7 Å². The molecule has 12 heteroatoms. The first-order chi connectivity index (χ1) is 13.2. The molecule has 1 aromatic rings. The van der Waals surface area contributed by atoms with E-state index >= 15 is 0 Å². The van der Waals surface area contributed by atoms with Crippen LogP contribution in [-0.2, 0) is 15.3 Å². The van der Waals surface area contributed by atoms with Crippen LogP contribution < -0.4 is 9.80 Å². The number of hydrogen-bond donors (Lipinski definition) is 2. The standard InChI is InChI=1S/C17H24F3N4O4P/c1-10-4-5-24(10)14-21-12(17(18,19)20)6-13(22-14)23-8-15(2)11(16(15,3)9-23)7-28-29(25,26)27/h6,10-11H,4-5,7-9H2,1-3H3,(H2,25,26,27)/t10-,11?,15?,16?/m0/s1. The van der Waals surface area contributed by atoms with Crippen LogP contribution in [-0.4, -0.2) is 52.0 Å². The molecule has 8 nitrogen and oxygen atoms in total. The predicted octanol–water partition coefficient (Wildman–Crippen LogP) is 2.67. The second kappa shape index (κ2) is 6.29. The lowest BCUT2D eigenvalue weighted by Crippen LogP contribution is -2.47. The number of phosphoric ester groups is 1. The largest absolute Gasteiger partial charge is 0.469 e. The number of anilines is 2. The van der Waals surface area contributed by atoms with Gasteiger partial charge in [0.25, 0.3) is 0 Å². The van der Waals surface area contributed by atoms with Gasteiger partial charge in [0.1, 0.15) is 5.82 Å². The molecule has 29 heavy (non-hydrogen) atoms. The number of halogens is 3. The van der Waals surface area contributed by atoms with Crippen molar-refractivity contribution < 1.29 is 32.0 Å². The van der Waals surface area contributed by atoms with Crippen LogP contribution in [0, 0.1) is 16.7 Å². The summed E-state index contributed by atoms with van der Waals surface area (Å²) in [5.41, 5.74) is -1.61. The summed E-state index contributed by atoms with van der Waals surface area (Å²) in [6.45, 7) is 7.25. The second-order valence-corrected chi connectivity index (χ2v) is 10.0. The lowest BCUT2D eigenvalue weighted by Gasteiger charge is -2.39. The number of phosphoric acid groups is 1. The fourth-order valence-corrected chi connectivity index (χ4v) is 5.22. The maximum atomic E-state index is 13.4. The zero-order valence-corrected chi connectivity index (χ0v) is 17.2. The first-order valence-corrected chi connectivity index (χ1v) is 11.0. The third-order valence-corrected chi connectivity index (χ3v) is 7.58. The van der Waals surface area contributed by atoms with Gasteiger partial charge in [0.05, 0.1) is 6.61 Å². The van der Waals surface area contributed by atoms with Crippen molar-refractivity contribution in [1.29, 1.82) is 0 Å². The van der Waals surface area contributed by atoms with Gasteiger partial charge in [-0.15, -0.1) is 0 Å². The van der Waals surface area contributed by atoms with E-state index in [1.54, 1.807) is 9.80 Å². The highest BCUT2D eigenvalue weighted by Crippen LogP contribution is 2.73. The highest BCUT2D eigenvalue weighted by molar-refractivity contribution is 7.46. The van der Waals surface area contributed by atoms with Gasteiger partial charge in [0, 0.05) is 31.7 Å². The third-order valence-electron chi connectivity index (χ3n) is 7.10. The van der Waals surface area contributed by atoms with Gasteiger partial charge in [-0.3, -0.25) is 4.52 Å². The molecule has 0 bridgehead atoms. The fourth-order valence-electron chi connectivity index (χ4n) is 4.88. The maximum absolute atomic E-state index is 13.4. The number of hydrogen-bond acceptors (Lipinski definition) is 6. The van der Waals surface area contributed by atoms with Gasteiger partial charge < -0.3 is 19.6 Å². The minimum atomic E-state index is -4.57. The Kier molecular flexibility index (Phi) is 4.52. The molecule has 3 aliphatic rings. The zero-order chi connectivity index (χ0) is 21.4. The molecule has 2 unspecified atom stereocenters. The maximum Gasteiger partial charge on any atom is 0.469 e. The molecule has 162 valence electrons. The van der Waals surface area contributed by atoms with Gasteiger partial charge in [0.2, 0.25) is 5.95 Å². The van der Waals surface area contributed by atoms with Crippen LogP contribution in [0.4, 0.5) is 24.9 Å². The molecule has 2 aliphatic heterocycles. The number of piperidine rings is 1. The Bertz CT molecular complexity index is 863. The number of fused-ring (bicyclic) bond motifs is 1. The van der Waals surface area contributed by atoms with E-state index in [-0.39, 0.29) is 41.2 Å². The van der Waals surface area contributed by atoms with Crippen molar-refractivity contribution in [2.45, 2.75) is 39.4 Å². The minimum Gasteiger partial charge on any atom is -0.355 e. The lowest BCUT2D eigenvalue weighted by molar-refractivity contribution is -0.141. The van der Waals surface area contributed by atoms with Crippen molar-refractivity contribution in [1.82, 2.24) is 9.97 Å². The van der Waals surface area contributed by atoms with Crippen LogP contribution in [0.3, 0.4) is 0 Å². The molecule has 2 saturated heterocycles. The van der Waals surface area contributed by atoms with E-state index in [4.69, 9.17) is 9.79 Å². The van der Waals surface area contributed by atoms with Crippen LogP contribution in [0.15, 0.2) is 6.07 Å². The van der Waals surface area contributed by atoms with Crippen molar-refractivity contribution in [3.05, 3.63) is 11.8 Å². The van der Waals surface area contributed by atoms with Gasteiger partial charge in [0.15, 0.2) is 5.69 Å². The summed E-state index contributed by atoms with van der Waals surface area (Å²) in [4.78, 5) is 29.6. The Labute approximate surface area is 166 Å². The average molecular weight is 436 g/mol. The molecule has 0 aromatic carbocycles. The van der Waals surface area contributed by atoms with Crippen LogP contribution in [0.2, 0.25) is 0 Å². The zero-order valence-electron chi connectivity index (χ0n) is 16.3. The molecular weight excluding hydrogens is 412 g/mol. The van der Waals surface area contributed by atoms with Gasteiger partial charge >= 0.3 is 14.0 Å².